The van der Waals surface area contributed by atoms with E-state index in [2.05, 4.69) is 19.9 Å². The number of aromatic nitrogens is 4. The van der Waals surface area contributed by atoms with Crippen LogP contribution in [-0.4, -0.2) is 19.9 Å². The second-order valence-electron chi connectivity index (χ2n) is 3.90. The average Bonchev–Trinajstić information content (AvgIpc) is 3.09. The normalized spacial score (nSPS) is 11.8. The summed E-state index contributed by atoms with van der Waals surface area (Å²) in [5.41, 5.74) is 6.85. The Kier molecular flexibility index (Phi) is 3.33. The molecule has 0 spiro atoms. The molecule has 0 atom stereocenters. The molecule has 3 heterocycles. The van der Waals surface area contributed by atoms with Gasteiger partial charge >= 0.3 is 6.18 Å². The zero-order valence-electron chi connectivity index (χ0n) is 10.1. The van der Waals surface area contributed by atoms with Crippen molar-refractivity contribution in [3.05, 3.63) is 28.8 Å². The fourth-order valence-corrected chi connectivity index (χ4v) is 2.88. The fourth-order valence-electron chi connectivity index (χ4n) is 1.54. The van der Waals surface area contributed by atoms with Crippen molar-refractivity contribution < 1.29 is 13.2 Å². The van der Waals surface area contributed by atoms with Crippen molar-refractivity contribution in [1.82, 2.24) is 19.9 Å². The highest BCUT2D eigenvalue weighted by Crippen LogP contribution is 2.33. The lowest BCUT2D eigenvalue weighted by molar-refractivity contribution is -0.140. The lowest BCUT2D eigenvalue weighted by Crippen LogP contribution is -2.05. The summed E-state index contributed by atoms with van der Waals surface area (Å²) in [5.74, 6) is 0.228. The number of hydrogen-bond donors (Lipinski definition) is 1. The third kappa shape index (κ3) is 2.85. The average molecular weight is 329 g/mol. The molecule has 3 rings (SSSR count). The summed E-state index contributed by atoms with van der Waals surface area (Å²) in [6, 6.07) is 1.54. The van der Waals surface area contributed by atoms with Crippen molar-refractivity contribution >= 4 is 28.5 Å². The predicted octanol–water partition coefficient (Wildman–Crippen LogP) is 3.32. The summed E-state index contributed by atoms with van der Waals surface area (Å²) in [4.78, 5) is 16.3. The first-order chi connectivity index (χ1) is 9.93. The second kappa shape index (κ2) is 5.04. The van der Waals surface area contributed by atoms with Gasteiger partial charge in [-0.1, -0.05) is 0 Å². The quantitative estimate of drug-likeness (QED) is 0.780. The largest absolute Gasteiger partial charge is 0.434 e. The first-order valence-electron chi connectivity index (χ1n) is 5.50. The summed E-state index contributed by atoms with van der Waals surface area (Å²) in [6.45, 7) is 0. The van der Waals surface area contributed by atoms with Gasteiger partial charge in [0.05, 0.1) is 16.1 Å². The van der Waals surface area contributed by atoms with Gasteiger partial charge in [-0.05, 0) is 0 Å². The predicted molar refractivity (Wildman–Crippen MR) is 73.7 cm³/mol. The van der Waals surface area contributed by atoms with Crippen LogP contribution < -0.4 is 5.73 Å². The molecule has 0 aliphatic carbocycles. The minimum Gasteiger partial charge on any atom is -0.384 e. The van der Waals surface area contributed by atoms with E-state index in [-0.39, 0.29) is 16.6 Å². The molecule has 0 saturated heterocycles. The standard InChI is InChI=1S/C11H6F3N5S2/c12-11(13,14)7-3-20-10(18-7)9-17-5(1-8(15)19-9)6-2-16-4-21-6/h1-4H,(H2,15,17,19). The zero-order valence-corrected chi connectivity index (χ0v) is 11.8. The van der Waals surface area contributed by atoms with Crippen LogP contribution in [0.25, 0.3) is 21.4 Å². The van der Waals surface area contributed by atoms with E-state index >= 15 is 0 Å². The van der Waals surface area contributed by atoms with Crippen LogP contribution in [0, 0.1) is 0 Å². The Bertz CT molecular complexity index is 767. The van der Waals surface area contributed by atoms with Crippen LogP contribution in [0.4, 0.5) is 19.0 Å². The molecule has 0 aliphatic rings. The molecule has 21 heavy (non-hydrogen) atoms. The smallest absolute Gasteiger partial charge is 0.384 e. The minimum absolute atomic E-state index is 0.0684. The van der Waals surface area contributed by atoms with Gasteiger partial charge in [-0.15, -0.1) is 22.7 Å². The van der Waals surface area contributed by atoms with Gasteiger partial charge in [-0.25, -0.2) is 15.0 Å². The molecule has 0 saturated carbocycles. The van der Waals surface area contributed by atoms with Crippen LogP contribution in [0.3, 0.4) is 0 Å². The van der Waals surface area contributed by atoms with Crippen molar-refractivity contribution in [2.45, 2.75) is 6.18 Å². The molecular formula is C11H6F3N5S2. The summed E-state index contributed by atoms with van der Waals surface area (Å²) in [6.07, 6.45) is -2.89. The summed E-state index contributed by atoms with van der Waals surface area (Å²) >= 11 is 2.16. The lowest BCUT2D eigenvalue weighted by Gasteiger charge is -2.02. The summed E-state index contributed by atoms with van der Waals surface area (Å²) in [5, 5.41) is 0.995. The van der Waals surface area contributed by atoms with Crippen molar-refractivity contribution in [2.24, 2.45) is 0 Å². The molecule has 0 fully saturated rings. The number of nitrogen functional groups attached to an aromatic ring is 1. The number of nitrogens with two attached hydrogens (primary N) is 1. The van der Waals surface area contributed by atoms with E-state index in [4.69, 9.17) is 5.73 Å². The number of hydrogen-bond acceptors (Lipinski definition) is 7. The van der Waals surface area contributed by atoms with E-state index in [0.717, 1.165) is 21.6 Å². The van der Waals surface area contributed by atoms with Gasteiger partial charge in [0.25, 0.3) is 0 Å². The lowest BCUT2D eigenvalue weighted by atomic mass is 10.3. The van der Waals surface area contributed by atoms with Gasteiger partial charge in [-0.2, -0.15) is 13.2 Å². The molecule has 2 N–H and O–H groups in total. The molecule has 0 amide bonds. The Balaban J connectivity index is 2.05. The third-order valence-corrected chi connectivity index (χ3v) is 4.05. The van der Waals surface area contributed by atoms with E-state index in [1.165, 1.54) is 17.4 Å². The van der Waals surface area contributed by atoms with E-state index in [1.807, 2.05) is 0 Å². The number of halogens is 3. The molecule has 0 unspecified atom stereocenters. The maximum Gasteiger partial charge on any atom is 0.434 e. The Morgan fingerprint density at radius 3 is 2.52 bits per heavy atom. The summed E-state index contributed by atoms with van der Waals surface area (Å²) in [7, 11) is 0. The van der Waals surface area contributed by atoms with Gasteiger partial charge in [0.2, 0.25) is 0 Å². The molecule has 3 aromatic rings. The van der Waals surface area contributed by atoms with E-state index < -0.39 is 11.9 Å². The topological polar surface area (TPSA) is 77.6 Å². The van der Waals surface area contributed by atoms with E-state index in [1.54, 1.807) is 11.7 Å². The molecule has 0 radical (unpaired) electrons. The number of rotatable bonds is 2. The van der Waals surface area contributed by atoms with Crippen LogP contribution >= 0.6 is 22.7 Å². The monoisotopic (exact) mass is 329 g/mol. The maximum atomic E-state index is 12.6. The Hall–Kier alpha value is -2.07. The number of alkyl halides is 3. The first-order valence-corrected chi connectivity index (χ1v) is 7.26. The highest BCUT2D eigenvalue weighted by Gasteiger charge is 2.34. The van der Waals surface area contributed by atoms with Gasteiger partial charge in [-0.3, -0.25) is 4.98 Å². The van der Waals surface area contributed by atoms with Crippen molar-refractivity contribution in [3.8, 4) is 21.4 Å². The van der Waals surface area contributed by atoms with Crippen LogP contribution in [0.5, 0.6) is 0 Å². The number of anilines is 1. The Morgan fingerprint density at radius 1 is 1.10 bits per heavy atom. The van der Waals surface area contributed by atoms with Crippen molar-refractivity contribution in [2.75, 3.05) is 5.73 Å². The van der Waals surface area contributed by atoms with Gasteiger partial charge in [0.1, 0.15) is 5.82 Å². The molecule has 0 bridgehead atoms. The fraction of sp³-hybridized carbons (Fsp3) is 0.0909. The second-order valence-corrected chi connectivity index (χ2v) is 5.65. The van der Waals surface area contributed by atoms with Crippen molar-refractivity contribution in [3.63, 3.8) is 0 Å². The SMILES string of the molecule is Nc1cc(-c2cncs2)nc(-c2nc(C(F)(F)F)cs2)n1. The molecule has 108 valence electrons. The van der Waals surface area contributed by atoms with Crippen LogP contribution in [0.15, 0.2) is 23.2 Å². The van der Waals surface area contributed by atoms with Crippen LogP contribution in [0.1, 0.15) is 5.69 Å². The van der Waals surface area contributed by atoms with E-state index in [9.17, 15) is 13.2 Å². The van der Waals surface area contributed by atoms with Gasteiger partial charge in [0, 0.05) is 17.6 Å². The first kappa shape index (κ1) is 13.9. The van der Waals surface area contributed by atoms with Gasteiger partial charge in [0.15, 0.2) is 16.5 Å². The maximum absolute atomic E-state index is 12.6. The molecule has 10 heteroatoms. The van der Waals surface area contributed by atoms with Crippen LogP contribution in [-0.2, 0) is 6.18 Å². The van der Waals surface area contributed by atoms with Gasteiger partial charge < -0.3 is 5.73 Å². The zero-order chi connectivity index (χ0) is 15.0. The van der Waals surface area contributed by atoms with Crippen molar-refractivity contribution in [1.29, 1.82) is 0 Å². The molecular weight excluding hydrogens is 323 g/mol. The summed E-state index contributed by atoms with van der Waals surface area (Å²) < 4.78 is 37.7. The molecule has 3 aromatic heterocycles. The number of thiazole rings is 2. The van der Waals surface area contributed by atoms with Crippen LogP contribution in [0.2, 0.25) is 0 Å². The van der Waals surface area contributed by atoms with E-state index in [0.29, 0.717) is 5.69 Å². The molecule has 5 nitrogen and oxygen atoms in total. The molecule has 0 aliphatic heterocycles. The molecule has 0 aromatic carbocycles. The minimum atomic E-state index is -4.49. The highest BCUT2D eigenvalue weighted by molar-refractivity contribution is 7.13. The number of nitrogens with zero attached hydrogens (tertiary/aromatic N) is 4. The Morgan fingerprint density at radius 2 is 1.90 bits per heavy atom. The third-order valence-electron chi connectivity index (χ3n) is 2.42. The highest BCUT2D eigenvalue weighted by atomic mass is 32.1. The Labute approximate surface area is 124 Å².